The van der Waals surface area contributed by atoms with E-state index >= 15 is 0 Å². The molecule has 120 valence electrons. The third-order valence-corrected chi connectivity index (χ3v) is 5.44. The van der Waals surface area contributed by atoms with Crippen LogP contribution in [-0.4, -0.2) is 4.98 Å². The minimum atomic E-state index is 0.0308. The van der Waals surface area contributed by atoms with Crippen molar-refractivity contribution < 1.29 is 4.57 Å². The third-order valence-electron chi connectivity index (χ3n) is 5.44. The van der Waals surface area contributed by atoms with Crippen molar-refractivity contribution in [2.45, 2.75) is 33.1 Å². The van der Waals surface area contributed by atoms with Gasteiger partial charge in [0.2, 0.25) is 5.69 Å². The Kier molecular flexibility index (Phi) is 3.14. The van der Waals surface area contributed by atoms with Crippen molar-refractivity contribution in [3.05, 3.63) is 71.2 Å². The van der Waals surface area contributed by atoms with Gasteiger partial charge in [0.05, 0.1) is 11.8 Å². The Morgan fingerprint density at radius 1 is 0.917 bits per heavy atom. The Labute approximate surface area is 143 Å². The molecule has 0 N–H and O–H groups in total. The fraction of sp³-hybridized carbons (Fsp3) is 0.273. The Bertz CT molecular complexity index is 947. The van der Waals surface area contributed by atoms with E-state index in [9.17, 15) is 0 Å². The summed E-state index contributed by atoms with van der Waals surface area (Å²) in [6.45, 7) is 8.94. The van der Waals surface area contributed by atoms with Gasteiger partial charge in [-0.3, -0.25) is 0 Å². The molecule has 0 amide bonds. The van der Waals surface area contributed by atoms with Crippen molar-refractivity contribution in [1.82, 2.24) is 4.98 Å². The Morgan fingerprint density at radius 3 is 2.42 bits per heavy atom. The van der Waals surface area contributed by atoms with Crippen LogP contribution in [0.4, 0.5) is 0 Å². The lowest BCUT2D eigenvalue weighted by atomic mass is 9.81. The first-order valence-electron chi connectivity index (χ1n) is 8.48. The van der Waals surface area contributed by atoms with Gasteiger partial charge >= 0.3 is 0 Å². The summed E-state index contributed by atoms with van der Waals surface area (Å²) in [5.74, 6) is 0. The molecule has 2 nitrogen and oxygen atoms in total. The topological polar surface area (TPSA) is 16.8 Å². The first-order valence-corrected chi connectivity index (χ1v) is 8.48. The van der Waals surface area contributed by atoms with Gasteiger partial charge in [0.25, 0.3) is 0 Å². The van der Waals surface area contributed by atoms with Crippen LogP contribution in [0.15, 0.2) is 48.8 Å². The minimum absolute atomic E-state index is 0.0308. The molecule has 0 fully saturated rings. The van der Waals surface area contributed by atoms with Crippen LogP contribution < -0.4 is 4.57 Å². The molecule has 0 saturated carbocycles. The first kappa shape index (κ1) is 15.1. The maximum Gasteiger partial charge on any atom is 0.233 e. The van der Waals surface area contributed by atoms with Gasteiger partial charge in [0, 0.05) is 5.41 Å². The first-order chi connectivity index (χ1) is 11.4. The predicted octanol–water partition coefficient (Wildman–Crippen LogP) is 4.50. The number of fused-ring (bicyclic) bond motifs is 3. The molecule has 0 unspecified atom stereocenters. The van der Waals surface area contributed by atoms with Crippen LogP contribution in [-0.2, 0) is 12.5 Å². The van der Waals surface area contributed by atoms with E-state index in [4.69, 9.17) is 0 Å². The van der Waals surface area contributed by atoms with Gasteiger partial charge in [-0.2, -0.15) is 4.57 Å². The van der Waals surface area contributed by atoms with Crippen LogP contribution in [0.25, 0.3) is 22.4 Å². The summed E-state index contributed by atoms with van der Waals surface area (Å²) in [6.07, 6.45) is 3.89. The summed E-state index contributed by atoms with van der Waals surface area (Å²) < 4.78 is 2.17. The summed E-state index contributed by atoms with van der Waals surface area (Å²) in [6, 6.07) is 13.5. The van der Waals surface area contributed by atoms with Crippen LogP contribution in [0.5, 0.6) is 0 Å². The molecule has 1 aromatic heterocycles. The highest BCUT2D eigenvalue weighted by molar-refractivity contribution is 5.84. The van der Waals surface area contributed by atoms with E-state index in [1.165, 1.54) is 39.1 Å². The highest BCUT2D eigenvalue weighted by atomic mass is 15.0. The van der Waals surface area contributed by atoms with Gasteiger partial charge in [-0.05, 0) is 47.7 Å². The normalized spacial score (nSPS) is 14.4. The van der Waals surface area contributed by atoms with Crippen LogP contribution in [0.1, 0.15) is 36.2 Å². The summed E-state index contributed by atoms with van der Waals surface area (Å²) in [4.78, 5) is 4.51. The molecule has 1 aliphatic rings. The molecule has 4 rings (SSSR count). The standard InChI is InChI=1S/C22H23N2/c1-14-12-18-16-8-6-7-9-19(16)22(3,4)20(18)13-17(14)21-15(2)23-10-11-24(21)5/h6-13H,1-5H3/q+1. The number of hydrogen-bond acceptors (Lipinski definition) is 1. The summed E-state index contributed by atoms with van der Waals surface area (Å²) in [5, 5.41) is 0. The smallest absolute Gasteiger partial charge is 0.233 e. The number of aryl methyl sites for hydroxylation is 3. The predicted molar refractivity (Wildman–Crippen MR) is 97.9 cm³/mol. The molecule has 0 saturated heterocycles. The molecule has 0 spiro atoms. The van der Waals surface area contributed by atoms with Crippen molar-refractivity contribution in [2.75, 3.05) is 0 Å². The third kappa shape index (κ3) is 1.96. The van der Waals surface area contributed by atoms with Crippen molar-refractivity contribution in [1.29, 1.82) is 0 Å². The molecule has 3 aromatic rings. The molecule has 24 heavy (non-hydrogen) atoms. The number of aromatic nitrogens is 2. The van der Waals surface area contributed by atoms with Gasteiger partial charge < -0.3 is 0 Å². The maximum absolute atomic E-state index is 4.51. The van der Waals surface area contributed by atoms with E-state index < -0.39 is 0 Å². The molecular formula is C22H23N2+. The van der Waals surface area contributed by atoms with E-state index in [1.807, 2.05) is 12.4 Å². The van der Waals surface area contributed by atoms with Crippen LogP contribution in [0.3, 0.4) is 0 Å². The second-order valence-corrected chi connectivity index (χ2v) is 7.36. The lowest BCUT2D eigenvalue weighted by Gasteiger charge is -2.22. The summed E-state index contributed by atoms with van der Waals surface area (Å²) in [5.41, 5.74) is 10.5. The van der Waals surface area contributed by atoms with Crippen molar-refractivity contribution in [3.8, 4) is 22.4 Å². The second-order valence-electron chi connectivity index (χ2n) is 7.36. The average Bonchev–Trinajstić information content (AvgIpc) is 2.76. The molecule has 0 bridgehead atoms. The highest BCUT2D eigenvalue weighted by Gasteiger charge is 2.36. The lowest BCUT2D eigenvalue weighted by Crippen LogP contribution is -2.32. The van der Waals surface area contributed by atoms with Crippen LogP contribution in [0.2, 0.25) is 0 Å². The number of benzene rings is 2. The van der Waals surface area contributed by atoms with Crippen molar-refractivity contribution >= 4 is 0 Å². The van der Waals surface area contributed by atoms with Gasteiger partial charge in [-0.25, -0.2) is 4.98 Å². The van der Waals surface area contributed by atoms with E-state index in [1.54, 1.807) is 0 Å². The lowest BCUT2D eigenvalue weighted by molar-refractivity contribution is -0.661. The average molecular weight is 315 g/mol. The van der Waals surface area contributed by atoms with Gasteiger partial charge in [-0.1, -0.05) is 44.2 Å². The molecular weight excluding hydrogens is 292 g/mol. The monoisotopic (exact) mass is 315 g/mol. The largest absolute Gasteiger partial charge is 0.248 e. The fourth-order valence-corrected chi connectivity index (χ4v) is 4.13. The summed E-state index contributed by atoms with van der Waals surface area (Å²) >= 11 is 0. The molecule has 2 heteroatoms. The van der Waals surface area contributed by atoms with E-state index in [-0.39, 0.29) is 5.41 Å². The Morgan fingerprint density at radius 2 is 1.67 bits per heavy atom. The van der Waals surface area contributed by atoms with Gasteiger partial charge in [0.1, 0.15) is 12.7 Å². The van der Waals surface area contributed by atoms with Crippen LogP contribution >= 0.6 is 0 Å². The van der Waals surface area contributed by atoms with Crippen molar-refractivity contribution in [2.24, 2.45) is 7.05 Å². The van der Waals surface area contributed by atoms with E-state index in [0.717, 1.165) is 5.69 Å². The number of nitrogens with zero attached hydrogens (tertiary/aromatic N) is 2. The van der Waals surface area contributed by atoms with Crippen LogP contribution in [0, 0.1) is 13.8 Å². The molecule has 2 aromatic carbocycles. The zero-order valence-corrected chi connectivity index (χ0v) is 15.0. The highest BCUT2D eigenvalue weighted by Crippen LogP contribution is 2.50. The second kappa shape index (κ2) is 5.01. The molecule has 0 radical (unpaired) electrons. The molecule has 0 aliphatic heterocycles. The molecule has 0 atom stereocenters. The zero-order valence-electron chi connectivity index (χ0n) is 15.0. The number of hydrogen-bond donors (Lipinski definition) is 0. The fourth-order valence-electron chi connectivity index (χ4n) is 4.13. The Balaban J connectivity index is 2.03. The van der Waals surface area contributed by atoms with Gasteiger partial charge in [-0.15, -0.1) is 0 Å². The molecule has 1 aliphatic carbocycles. The van der Waals surface area contributed by atoms with Crippen molar-refractivity contribution in [3.63, 3.8) is 0 Å². The maximum atomic E-state index is 4.51. The van der Waals surface area contributed by atoms with E-state index in [0.29, 0.717) is 0 Å². The van der Waals surface area contributed by atoms with Gasteiger partial charge in [0.15, 0.2) is 6.20 Å². The minimum Gasteiger partial charge on any atom is -0.248 e. The quantitative estimate of drug-likeness (QED) is 0.604. The van der Waals surface area contributed by atoms with E-state index in [2.05, 4.69) is 80.7 Å². The Hall–Kier alpha value is -2.48. The number of rotatable bonds is 1. The SMILES string of the molecule is Cc1cc2c(cc1-c1c(C)ncc[n+]1C)C(C)(C)c1ccccc1-2. The zero-order chi connectivity index (χ0) is 17.1. The molecule has 1 heterocycles. The summed E-state index contributed by atoms with van der Waals surface area (Å²) in [7, 11) is 2.09.